The largest absolute Gasteiger partial charge is 0.495 e. The third-order valence-electron chi connectivity index (χ3n) is 4.06. The first-order valence-corrected chi connectivity index (χ1v) is 7.22. The van der Waals surface area contributed by atoms with Crippen LogP contribution in [0.1, 0.15) is 12.8 Å². The number of anilines is 2. The summed E-state index contributed by atoms with van der Waals surface area (Å²) in [5, 5.41) is 3.94. The van der Waals surface area contributed by atoms with Crippen LogP contribution in [0, 0.1) is 0 Å². The molecule has 0 radical (unpaired) electrons. The fourth-order valence-electron chi connectivity index (χ4n) is 3.01. The number of nitrogens with zero attached hydrogens (tertiary/aromatic N) is 3. The van der Waals surface area contributed by atoms with Crippen molar-refractivity contribution in [3.05, 3.63) is 18.5 Å². The van der Waals surface area contributed by atoms with Crippen molar-refractivity contribution in [2.45, 2.75) is 18.9 Å². The number of aromatic nitrogens is 2. The number of methoxy groups -OCH3 is 1. The number of carbonyl (C=O) groups is 1. The summed E-state index contributed by atoms with van der Waals surface area (Å²) in [4.78, 5) is 22.2. The van der Waals surface area contributed by atoms with E-state index in [1.807, 2.05) is 24.1 Å². The van der Waals surface area contributed by atoms with Gasteiger partial charge in [-0.2, -0.15) is 0 Å². The van der Waals surface area contributed by atoms with Gasteiger partial charge in [-0.3, -0.25) is 4.79 Å². The number of hydrogen-bond donors (Lipinski definition) is 2. The Morgan fingerprint density at radius 3 is 2.95 bits per heavy atom. The van der Waals surface area contributed by atoms with E-state index >= 15 is 0 Å². The number of nitrogens with one attached hydrogen (secondary N) is 1. The number of nitrogens with two attached hydrogens (primary N) is 1. The van der Waals surface area contributed by atoms with E-state index in [1.165, 1.54) is 6.33 Å². The minimum atomic E-state index is -0.308. The molecule has 7 heteroatoms. The van der Waals surface area contributed by atoms with Crippen LogP contribution >= 0.6 is 0 Å². The number of fused-ring (bicyclic) bond motifs is 1. The number of primary amides is 1. The van der Waals surface area contributed by atoms with Gasteiger partial charge < -0.3 is 20.7 Å². The SMILES string of the molecule is CNc1ncnc2cc(OC)c(N3CCCC3C(N)=O)cc12. The van der Waals surface area contributed by atoms with E-state index in [9.17, 15) is 4.79 Å². The lowest BCUT2D eigenvalue weighted by Crippen LogP contribution is -2.40. The maximum Gasteiger partial charge on any atom is 0.240 e. The Morgan fingerprint density at radius 2 is 2.27 bits per heavy atom. The van der Waals surface area contributed by atoms with Gasteiger partial charge in [-0.25, -0.2) is 9.97 Å². The monoisotopic (exact) mass is 301 g/mol. The molecule has 0 spiro atoms. The first kappa shape index (κ1) is 14.4. The highest BCUT2D eigenvalue weighted by Gasteiger charge is 2.31. The van der Waals surface area contributed by atoms with E-state index in [2.05, 4.69) is 15.3 Å². The molecular formula is C15H19N5O2. The smallest absolute Gasteiger partial charge is 0.240 e. The molecule has 1 saturated heterocycles. The summed E-state index contributed by atoms with van der Waals surface area (Å²) in [6.45, 7) is 0.776. The van der Waals surface area contributed by atoms with Crippen LogP contribution < -0.4 is 20.7 Å². The minimum Gasteiger partial charge on any atom is -0.495 e. The lowest BCUT2D eigenvalue weighted by Gasteiger charge is -2.26. The normalized spacial score (nSPS) is 17.7. The van der Waals surface area contributed by atoms with Gasteiger partial charge in [0.1, 0.15) is 23.9 Å². The summed E-state index contributed by atoms with van der Waals surface area (Å²) in [5.41, 5.74) is 7.16. The molecule has 0 saturated carbocycles. The van der Waals surface area contributed by atoms with Gasteiger partial charge in [0, 0.05) is 25.0 Å². The lowest BCUT2D eigenvalue weighted by atomic mass is 10.1. The van der Waals surface area contributed by atoms with Crippen LogP contribution in [-0.4, -0.2) is 42.6 Å². The van der Waals surface area contributed by atoms with E-state index in [0.717, 1.165) is 41.8 Å². The molecule has 2 heterocycles. The van der Waals surface area contributed by atoms with Gasteiger partial charge in [-0.15, -0.1) is 0 Å². The molecule has 3 N–H and O–H groups in total. The second-order valence-corrected chi connectivity index (χ2v) is 5.27. The number of amides is 1. The van der Waals surface area contributed by atoms with E-state index in [-0.39, 0.29) is 11.9 Å². The molecule has 3 rings (SSSR count). The van der Waals surface area contributed by atoms with Gasteiger partial charge in [0.2, 0.25) is 5.91 Å². The fourth-order valence-corrected chi connectivity index (χ4v) is 3.01. The zero-order chi connectivity index (χ0) is 15.7. The predicted molar refractivity (Wildman–Crippen MR) is 85.2 cm³/mol. The Bertz CT molecular complexity index is 718. The van der Waals surface area contributed by atoms with Crippen LogP contribution in [0.3, 0.4) is 0 Å². The molecule has 22 heavy (non-hydrogen) atoms. The summed E-state index contributed by atoms with van der Waals surface area (Å²) in [6.07, 6.45) is 3.20. The van der Waals surface area contributed by atoms with E-state index in [0.29, 0.717) is 5.75 Å². The van der Waals surface area contributed by atoms with Gasteiger partial charge in [0.15, 0.2) is 0 Å². The van der Waals surface area contributed by atoms with Crippen molar-refractivity contribution >= 4 is 28.3 Å². The molecule has 7 nitrogen and oxygen atoms in total. The van der Waals surface area contributed by atoms with Crippen molar-refractivity contribution in [3.63, 3.8) is 0 Å². The number of ether oxygens (including phenoxy) is 1. The molecule has 1 aromatic carbocycles. The van der Waals surface area contributed by atoms with E-state index in [4.69, 9.17) is 10.5 Å². The molecular weight excluding hydrogens is 282 g/mol. The Morgan fingerprint density at radius 1 is 1.45 bits per heavy atom. The molecule has 2 aromatic rings. The zero-order valence-electron chi connectivity index (χ0n) is 12.7. The summed E-state index contributed by atoms with van der Waals surface area (Å²) in [6, 6.07) is 3.53. The van der Waals surface area contributed by atoms with E-state index < -0.39 is 0 Å². The highest BCUT2D eigenvalue weighted by Crippen LogP contribution is 2.37. The zero-order valence-corrected chi connectivity index (χ0v) is 12.7. The highest BCUT2D eigenvalue weighted by molar-refractivity contribution is 5.95. The summed E-state index contributed by atoms with van der Waals surface area (Å²) in [5.74, 6) is 1.11. The average Bonchev–Trinajstić information content (AvgIpc) is 3.02. The van der Waals surface area contributed by atoms with Crippen molar-refractivity contribution in [2.75, 3.05) is 30.9 Å². The quantitative estimate of drug-likeness (QED) is 0.879. The number of hydrogen-bond acceptors (Lipinski definition) is 6. The topological polar surface area (TPSA) is 93.4 Å². The van der Waals surface area contributed by atoms with E-state index in [1.54, 1.807) is 7.11 Å². The summed E-state index contributed by atoms with van der Waals surface area (Å²) in [7, 11) is 3.42. The van der Waals surface area contributed by atoms with Crippen molar-refractivity contribution in [2.24, 2.45) is 5.73 Å². The molecule has 0 bridgehead atoms. The van der Waals surface area contributed by atoms with Crippen LogP contribution in [0.2, 0.25) is 0 Å². The first-order valence-electron chi connectivity index (χ1n) is 7.22. The predicted octanol–water partition coefficient (Wildman–Crippen LogP) is 1.13. The molecule has 1 amide bonds. The van der Waals surface area contributed by atoms with Gasteiger partial charge in [0.25, 0.3) is 0 Å². The molecule has 1 unspecified atom stereocenters. The second-order valence-electron chi connectivity index (χ2n) is 5.27. The van der Waals surface area contributed by atoms with Crippen LogP contribution in [0.15, 0.2) is 18.5 Å². The molecule has 1 atom stereocenters. The Labute approximate surface area is 128 Å². The van der Waals surface area contributed by atoms with Crippen molar-refractivity contribution in [3.8, 4) is 5.75 Å². The van der Waals surface area contributed by atoms with Crippen molar-refractivity contribution < 1.29 is 9.53 Å². The maximum atomic E-state index is 11.7. The van der Waals surface area contributed by atoms with Crippen LogP contribution in [0.25, 0.3) is 10.9 Å². The van der Waals surface area contributed by atoms with Gasteiger partial charge in [-0.1, -0.05) is 0 Å². The molecule has 1 aromatic heterocycles. The second kappa shape index (κ2) is 5.67. The number of rotatable bonds is 4. The molecule has 1 aliphatic rings. The minimum absolute atomic E-state index is 0.297. The fraction of sp³-hybridized carbons (Fsp3) is 0.400. The standard InChI is InChI=1S/C15H19N5O2/c1-17-15-9-6-12(20-5-3-4-11(20)14(16)21)13(22-2)7-10(9)18-8-19-15/h6-8,11H,3-5H2,1-2H3,(H2,16,21)(H,17,18,19). The van der Waals surface area contributed by atoms with Gasteiger partial charge in [-0.05, 0) is 18.9 Å². The van der Waals surface area contributed by atoms with Crippen LogP contribution in [0.5, 0.6) is 5.75 Å². The molecule has 1 aliphatic heterocycles. The number of carbonyl (C=O) groups excluding carboxylic acids is 1. The molecule has 1 fully saturated rings. The van der Waals surface area contributed by atoms with Crippen molar-refractivity contribution in [1.29, 1.82) is 0 Å². The van der Waals surface area contributed by atoms with Crippen LogP contribution in [-0.2, 0) is 4.79 Å². The molecule has 0 aliphatic carbocycles. The molecule has 116 valence electrons. The average molecular weight is 301 g/mol. The van der Waals surface area contributed by atoms with Crippen LogP contribution in [0.4, 0.5) is 11.5 Å². The summed E-state index contributed by atoms with van der Waals surface area (Å²) >= 11 is 0. The Kier molecular flexibility index (Phi) is 3.70. The van der Waals surface area contributed by atoms with Gasteiger partial charge >= 0.3 is 0 Å². The Balaban J connectivity index is 2.17. The lowest BCUT2D eigenvalue weighted by molar-refractivity contribution is -0.119. The maximum absolute atomic E-state index is 11.7. The third-order valence-corrected chi connectivity index (χ3v) is 4.06. The highest BCUT2D eigenvalue weighted by atomic mass is 16.5. The first-order chi connectivity index (χ1) is 10.7. The number of benzene rings is 1. The van der Waals surface area contributed by atoms with Crippen molar-refractivity contribution in [1.82, 2.24) is 9.97 Å². The Hall–Kier alpha value is -2.57. The third kappa shape index (κ3) is 2.28. The summed E-state index contributed by atoms with van der Waals surface area (Å²) < 4.78 is 5.49. The van der Waals surface area contributed by atoms with Gasteiger partial charge in [0.05, 0.1) is 18.3 Å².